The van der Waals surface area contributed by atoms with Gasteiger partial charge in [-0.25, -0.2) is 0 Å². The van der Waals surface area contributed by atoms with Crippen LogP contribution in [0.25, 0.3) is 6.08 Å². The molecule has 1 atom stereocenters. The molecule has 2 heteroatoms. The van der Waals surface area contributed by atoms with Gasteiger partial charge in [-0.05, 0) is 30.6 Å². The summed E-state index contributed by atoms with van der Waals surface area (Å²) in [6, 6.07) is 7.40. The van der Waals surface area contributed by atoms with Gasteiger partial charge in [0.2, 0.25) is 0 Å². The van der Waals surface area contributed by atoms with Crippen molar-refractivity contribution in [1.29, 1.82) is 0 Å². The van der Waals surface area contributed by atoms with E-state index in [9.17, 15) is 9.90 Å². The van der Waals surface area contributed by atoms with E-state index in [2.05, 4.69) is 13.0 Å². The third-order valence-electron chi connectivity index (χ3n) is 3.94. The van der Waals surface area contributed by atoms with E-state index >= 15 is 0 Å². The quantitative estimate of drug-likeness (QED) is 0.428. The van der Waals surface area contributed by atoms with E-state index in [1.165, 1.54) is 25.3 Å². The Morgan fingerprint density at radius 1 is 1.13 bits per heavy atom. The third kappa shape index (κ3) is 4.40. The van der Waals surface area contributed by atoms with Crippen LogP contribution in [0.2, 0.25) is 0 Å². The van der Waals surface area contributed by atoms with Crippen molar-refractivity contribution in [2.45, 2.75) is 38.2 Å². The summed E-state index contributed by atoms with van der Waals surface area (Å²) in [7, 11) is 0. The molecule has 0 spiro atoms. The predicted octanol–water partition coefficient (Wildman–Crippen LogP) is 4.72. The molecular weight excluding hydrogens is 284 g/mol. The number of carbonyl (C=O) groups is 1. The molecule has 0 aromatic heterocycles. The highest BCUT2D eigenvalue weighted by molar-refractivity contribution is 6.02. The molecule has 23 heavy (non-hydrogen) atoms. The van der Waals surface area contributed by atoms with Gasteiger partial charge >= 0.3 is 0 Å². The summed E-state index contributed by atoms with van der Waals surface area (Å²) in [6.07, 6.45) is 19.1. The van der Waals surface area contributed by atoms with Crippen molar-refractivity contribution in [1.82, 2.24) is 0 Å². The van der Waals surface area contributed by atoms with Crippen molar-refractivity contribution in [2.24, 2.45) is 0 Å². The number of carbonyl (C=O) groups excluding carboxylic acids is 1. The van der Waals surface area contributed by atoms with Crippen LogP contribution in [0.1, 0.15) is 43.7 Å². The maximum atomic E-state index is 12.3. The molecule has 0 heterocycles. The Kier molecular flexibility index (Phi) is 6.30. The summed E-state index contributed by atoms with van der Waals surface area (Å²) < 4.78 is 0. The second-order valence-corrected chi connectivity index (χ2v) is 5.72. The molecule has 1 aliphatic carbocycles. The van der Waals surface area contributed by atoms with Crippen LogP contribution in [0.3, 0.4) is 0 Å². The zero-order chi connectivity index (χ0) is 16.5. The van der Waals surface area contributed by atoms with Crippen LogP contribution < -0.4 is 0 Å². The molecule has 1 aromatic rings. The van der Waals surface area contributed by atoms with Gasteiger partial charge in [-0.15, -0.1) is 0 Å². The number of benzene rings is 1. The van der Waals surface area contributed by atoms with E-state index in [0.717, 1.165) is 12.0 Å². The Labute approximate surface area is 138 Å². The Balaban J connectivity index is 1.89. The van der Waals surface area contributed by atoms with Crippen LogP contribution in [-0.4, -0.2) is 10.9 Å². The van der Waals surface area contributed by atoms with Crippen molar-refractivity contribution < 1.29 is 9.90 Å². The molecule has 0 bridgehead atoms. The molecule has 1 aromatic carbocycles. The summed E-state index contributed by atoms with van der Waals surface area (Å²) in [5, 5.41) is 10.6. The average molecular weight is 308 g/mol. The van der Waals surface area contributed by atoms with Crippen molar-refractivity contribution in [3.8, 4) is 0 Å². The number of rotatable bonds is 8. The lowest BCUT2D eigenvalue weighted by molar-refractivity contribution is -0.128. The Morgan fingerprint density at radius 3 is 2.74 bits per heavy atom. The number of ketones is 1. The maximum Gasteiger partial charge on any atom is 0.195 e. The van der Waals surface area contributed by atoms with Crippen molar-refractivity contribution in [3.05, 3.63) is 77.9 Å². The van der Waals surface area contributed by atoms with E-state index in [1.807, 2.05) is 36.4 Å². The zero-order valence-corrected chi connectivity index (χ0v) is 13.6. The molecular formula is C21H24O2. The highest BCUT2D eigenvalue weighted by atomic mass is 16.3. The van der Waals surface area contributed by atoms with E-state index in [1.54, 1.807) is 24.3 Å². The normalized spacial score (nSPS) is 20.1. The van der Waals surface area contributed by atoms with E-state index in [0.29, 0.717) is 5.56 Å². The zero-order valence-electron chi connectivity index (χ0n) is 13.6. The molecule has 0 fully saturated rings. The molecule has 1 unspecified atom stereocenters. The summed E-state index contributed by atoms with van der Waals surface area (Å²) in [5.41, 5.74) is 0.00783. The molecule has 2 nitrogen and oxygen atoms in total. The van der Waals surface area contributed by atoms with Gasteiger partial charge in [0.15, 0.2) is 11.4 Å². The van der Waals surface area contributed by atoms with Crippen LogP contribution >= 0.6 is 0 Å². The number of hydrogen-bond donors (Lipinski definition) is 1. The fourth-order valence-corrected chi connectivity index (χ4v) is 2.59. The summed E-state index contributed by atoms with van der Waals surface area (Å²) >= 11 is 0. The fourth-order valence-electron chi connectivity index (χ4n) is 2.59. The van der Waals surface area contributed by atoms with Crippen molar-refractivity contribution in [3.63, 3.8) is 0 Å². The molecule has 0 aliphatic heterocycles. The molecule has 0 saturated carbocycles. The summed E-state index contributed by atoms with van der Waals surface area (Å²) in [6.45, 7) is 2.19. The molecule has 120 valence electrons. The summed E-state index contributed by atoms with van der Waals surface area (Å²) in [5.74, 6) is -0.324. The second-order valence-electron chi connectivity index (χ2n) is 5.72. The Hall–Kier alpha value is -2.19. The maximum absolute atomic E-state index is 12.3. The van der Waals surface area contributed by atoms with E-state index < -0.39 is 5.60 Å². The van der Waals surface area contributed by atoms with E-state index in [-0.39, 0.29) is 5.78 Å². The van der Waals surface area contributed by atoms with Crippen molar-refractivity contribution >= 4 is 11.9 Å². The first-order chi connectivity index (χ1) is 11.2. The van der Waals surface area contributed by atoms with Crippen LogP contribution in [0.15, 0.2) is 66.8 Å². The lowest BCUT2D eigenvalue weighted by Crippen LogP contribution is -2.30. The van der Waals surface area contributed by atoms with Crippen LogP contribution in [0.5, 0.6) is 0 Å². The molecule has 2 rings (SSSR count). The minimum absolute atomic E-state index is 0.324. The van der Waals surface area contributed by atoms with Gasteiger partial charge in [-0.2, -0.15) is 0 Å². The monoisotopic (exact) mass is 308 g/mol. The molecule has 0 amide bonds. The van der Waals surface area contributed by atoms with Gasteiger partial charge in [0, 0.05) is 5.56 Å². The number of fused-ring (bicyclic) bond motifs is 1. The average Bonchev–Trinajstić information content (AvgIpc) is 2.92. The first-order valence-corrected chi connectivity index (χ1v) is 8.24. The van der Waals surface area contributed by atoms with Gasteiger partial charge in [0.1, 0.15) is 0 Å². The number of unbranched alkanes of at least 4 members (excludes halogenated alkanes) is 3. The van der Waals surface area contributed by atoms with Gasteiger partial charge in [-0.3, -0.25) is 4.79 Å². The molecule has 1 aliphatic rings. The van der Waals surface area contributed by atoms with Gasteiger partial charge in [0.05, 0.1) is 0 Å². The van der Waals surface area contributed by atoms with Crippen LogP contribution in [-0.2, 0) is 10.4 Å². The second kappa shape index (κ2) is 8.44. The SMILES string of the molecule is CCCCC/C=C/C=C/C=C/C(=O)C1(O)C=Cc2ccccc21. The highest BCUT2D eigenvalue weighted by Crippen LogP contribution is 2.34. The number of aliphatic hydroxyl groups is 1. The molecule has 0 saturated heterocycles. The fraction of sp³-hybridized carbons (Fsp3) is 0.286. The largest absolute Gasteiger partial charge is 0.373 e. The minimum atomic E-state index is -1.53. The first-order valence-electron chi connectivity index (χ1n) is 8.24. The standard InChI is InChI=1S/C21H24O2/c1-2-3-4-5-6-7-8-9-10-15-20(22)21(23)17-16-18-13-11-12-14-19(18)21/h6-17,23H,2-5H2,1H3/b7-6+,9-8+,15-10+. The van der Waals surface area contributed by atoms with Crippen LogP contribution in [0.4, 0.5) is 0 Å². The molecule has 0 radical (unpaired) electrons. The predicted molar refractivity (Wildman–Crippen MR) is 95.9 cm³/mol. The lowest BCUT2D eigenvalue weighted by atomic mass is 9.91. The van der Waals surface area contributed by atoms with Gasteiger partial charge < -0.3 is 5.11 Å². The number of hydrogen-bond acceptors (Lipinski definition) is 2. The smallest absolute Gasteiger partial charge is 0.195 e. The van der Waals surface area contributed by atoms with Crippen molar-refractivity contribution in [2.75, 3.05) is 0 Å². The lowest BCUT2D eigenvalue weighted by Gasteiger charge is -2.19. The van der Waals surface area contributed by atoms with Crippen LogP contribution in [0, 0.1) is 0 Å². The number of allylic oxidation sites excluding steroid dienone is 5. The van der Waals surface area contributed by atoms with Gasteiger partial charge in [-0.1, -0.05) is 80.5 Å². The highest BCUT2D eigenvalue weighted by Gasteiger charge is 2.37. The van der Waals surface area contributed by atoms with Gasteiger partial charge in [0.25, 0.3) is 0 Å². The molecule has 1 N–H and O–H groups in total. The Morgan fingerprint density at radius 2 is 1.91 bits per heavy atom. The third-order valence-corrected chi connectivity index (χ3v) is 3.94. The topological polar surface area (TPSA) is 37.3 Å². The minimum Gasteiger partial charge on any atom is -0.373 e. The summed E-state index contributed by atoms with van der Waals surface area (Å²) in [4.78, 5) is 12.3. The van der Waals surface area contributed by atoms with E-state index in [4.69, 9.17) is 0 Å². The first kappa shape index (κ1) is 17.2. The Bertz CT molecular complexity index is 650.